The van der Waals surface area contributed by atoms with E-state index in [2.05, 4.69) is 25.8 Å². The summed E-state index contributed by atoms with van der Waals surface area (Å²) < 4.78 is 6.32. The quantitative estimate of drug-likeness (QED) is 0.910. The molecule has 1 aromatic heterocycles. The van der Waals surface area contributed by atoms with Gasteiger partial charge in [-0.05, 0) is 17.0 Å². The number of carbonyl (C=O) groups excluding carboxylic acids is 1. The Hall–Kier alpha value is -2.40. The van der Waals surface area contributed by atoms with Crippen molar-refractivity contribution >= 4 is 5.91 Å². The smallest absolute Gasteiger partial charge is 0.255 e. The number of benzene rings is 1. The Morgan fingerprint density at radius 1 is 1.20 bits per heavy atom. The number of rotatable bonds is 2. The zero-order valence-corrected chi connectivity index (χ0v) is 14.8. The van der Waals surface area contributed by atoms with Crippen LogP contribution in [0.5, 0.6) is 5.75 Å². The van der Waals surface area contributed by atoms with Crippen molar-refractivity contribution in [2.75, 3.05) is 13.1 Å². The first kappa shape index (κ1) is 17.4. The van der Waals surface area contributed by atoms with Gasteiger partial charge in [-0.25, -0.2) is 0 Å². The van der Waals surface area contributed by atoms with E-state index in [9.17, 15) is 9.90 Å². The molecule has 2 atom stereocenters. The summed E-state index contributed by atoms with van der Waals surface area (Å²) >= 11 is 0. The molecular weight excluding hydrogens is 316 g/mol. The molecule has 5 nitrogen and oxygen atoms in total. The Morgan fingerprint density at radius 3 is 2.56 bits per heavy atom. The molecule has 25 heavy (non-hydrogen) atoms. The Kier molecular flexibility index (Phi) is 4.77. The van der Waals surface area contributed by atoms with Gasteiger partial charge in [0.25, 0.3) is 5.91 Å². The number of amides is 1. The van der Waals surface area contributed by atoms with E-state index in [1.807, 2.05) is 30.3 Å². The molecule has 0 spiro atoms. The second-order valence-corrected chi connectivity index (χ2v) is 7.53. The van der Waals surface area contributed by atoms with Crippen LogP contribution in [0.3, 0.4) is 0 Å². The average Bonchev–Trinajstić information content (AvgIpc) is 2.60. The average molecular weight is 340 g/mol. The maximum Gasteiger partial charge on any atom is 0.255 e. The standard InChI is InChI=1S/C20H24N2O3/c1-20(2,3)18-13-22(19(24)15-9-16(23)11-21-10-15)12-17(25-18)14-7-5-4-6-8-14/h4-11,17-18,23H,12-13H2,1-3H3/t17-,18+/m0/s1. The lowest BCUT2D eigenvalue weighted by molar-refractivity contribution is -0.119. The largest absolute Gasteiger partial charge is 0.506 e. The molecule has 0 bridgehead atoms. The molecule has 1 fully saturated rings. The highest BCUT2D eigenvalue weighted by molar-refractivity contribution is 5.94. The van der Waals surface area contributed by atoms with E-state index in [4.69, 9.17) is 4.74 Å². The van der Waals surface area contributed by atoms with Crippen LogP contribution in [0.15, 0.2) is 48.8 Å². The van der Waals surface area contributed by atoms with Gasteiger partial charge in [0.15, 0.2) is 0 Å². The van der Waals surface area contributed by atoms with Crippen LogP contribution in [0.25, 0.3) is 0 Å². The Labute approximate surface area is 148 Å². The van der Waals surface area contributed by atoms with Crippen molar-refractivity contribution in [1.29, 1.82) is 0 Å². The van der Waals surface area contributed by atoms with Crippen LogP contribution >= 0.6 is 0 Å². The fourth-order valence-electron chi connectivity index (χ4n) is 2.98. The fraction of sp³-hybridized carbons (Fsp3) is 0.400. The third kappa shape index (κ3) is 3.99. The van der Waals surface area contributed by atoms with E-state index < -0.39 is 0 Å². The summed E-state index contributed by atoms with van der Waals surface area (Å²) in [6.45, 7) is 7.34. The van der Waals surface area contributed by atoms with Gasteiger partial charge in [0.05, 0.1) is 24.4 Å². The second kappa shape index (κ2) is 6.84. The Balaban J connectivity index is 1.88. The van der Waals surface area contributed by atoms with Gasteiger partial charge in [0.2, 0.25) is 0 Å². The van der Waals surface area contributed by atoms with Gasteiger partial charge in [-0.15, -0.1) is 0 Å². The number of carbonyl (C=O) groups is 1. The van der Waals surface area contributed by atoms with E-state index in [0.29, 0.717) is 18.7 Å². The van der Waals surface area contributed by atoms with Crippen LogP contribution in [-0.4, -0.2) is 40.1 Å². The topological polar surface area (TPSA) is 62.7 Å². The zero-order valence-electron chi connectivity index (χ0n) is 14.8. The summed E-state index contributed by atoms with van der Waals surface area (Å²) in [4.78, 5) is 18.6. The van der Waals surface area contributed by atoms with Gasteiger partial charge >= 0.3 is 0 Å². The van der Waals surface area contributed by atoms with E-state index in [1.165, 1.54) is 18.5 Å². The van der Waals surface area contributed by atoms with Crippen molar-refractivity contribution in [2.45, 2.75) is 33.0 Å². The number of morpholine rings is 1. The molecule has 0 radical (unpaired) electrons. The third-order valence-electron chi connectivity index (χ3n) is 4.50. The van der Waals surface area contributed by atoms with Crippen LogP contribution in [0.4, 0.5) is 0 Å². The lowest BCUT2D eigenvalue weighted by Gasteiger charge is -2.43. The molecule has 1 N–H and O–H groups in total. The minimum atomic E-state index is -0.173. The first-order chi connectivity index (χ1) is 11.8. The normalized spacial score (nSPS) is 21.2. The molecular formula is C20H24N2O3. The second-order valence-electron chi connectivity index (χ2n) is 7.53. The van der Waals surface area contributed by atoms with Gasteiger partial charge in [0.1, 0.15) is 11.9 Å². The molecule has 1 saturated heterocycles. The SMILES string of the molecule is CC(C)(C)[C@H]1CN(C(=O)c2cncc(O)c2)C[C@@H](c2ccccc2)O1. The number of pyridine rings is 1. The molecule has 1 aromatic carbocycles. The molecule has 0 aliphatic carbocycles. The van der Waals surface area contributed by atoms with E-state index in [0.717, 1.165) is 5.56 Å². The van der Waals surface area contributed by atoms with E-state index >= 15 is 0 Å². The van der Waals surface area contributed by atoms with Crippen molar-refractivity contribution in [3.63, 3.8) is 0 Å². The Bertz CT molecular complexity index is 740. The van der Waals surface area contributed by atoms with E-state index in [-0.39, 0.29) is 29.3 Å². The minimum absolute atomic E-state index is 0.00825. The summed E-state index contributed by atoms with van der Waals surface area (Å²) in [6.07, 6.45) is 2.55. The molecule has 0 saturated carbocycles. The zero-order chi connectivity index (χ0) is 18.0. The molecule has 1 amide bonds. The molecule has 3 rings (SSSR count). The number of aromatic hydroxyl groups is 1. The number of aromatic nitrogens is 1. The summed E-state index contributed by atoms with van der Waals surface area (Å²) in [6, 6.07) is 11.4. The fourth-order valence-corrected chi connectivity index (χ4v) is 2.98. The molecule has 1 aliphatic rings. The molecule has 0 unspecified atom stereocenters. The first-order valence-electron chi connectivity index (χ1n) is 8.48. The van der Waals surface area contributed by atoms with Gasteiger partial charge in [0, 0.05) is 12.7 Å². The predicted molar refractivity (Wildman–Crippen MR) is 95.3 cm³/mol. The van der Waals surface area contributed by atoms with Crippen molar-refractivity contribution in [1.82, 2.24) is 9.88 Å². The number of ether oxygens (including phenoxy) is 1. The summed E-state index contributed by atoms with van der Waals surface area (Å²) in [5.74, 6) is -0.145. The highest BCUT2D eigenvalue weighted by Gasteiger charge is 2.37. The number of nitrogens with zero attached hydrogens (tertiary/aromatic N) is 2. The van der Waals surface area contributed by atoms with Crippen LogP contribution in [0.1, 0.15) is 42.8 Å². The van der Waals surface area contributed by atoms with Gasteiger partial charge < -0.3 is 14.7 Å². The lowest BCUT2D eigenvalue weighted by atomic mass is 9.87. The highest BCUT2D eigenvalue weighted by atomic mass is 16.5. The summed E-state index contributed by atoms with van der Waals surface area (Å²) in [5, 5.41) is 9.61. The maximum atomic E-state index is 12.9. The van der Waals surface area contributed by atoms with Crippen molar-refractivity contribution in [3.05, 3.63) is 59.9 Å². The number of hydrogen-bond acceptors (Lipinski definition) is 4. The van der Waals surface area contributed by atoms with Crippen molar-refractivity contribution in [2.24, 2.45) is 5.41 Å². The molecule has 5 heteroatoms. The third-order valence-corrected chi connectivity index (χ3v) is 4.50. The van der Waals surface area contributed by atoms with Crippen LogP contribution in [-0.2, 0) is 4.74 Å². The van der Waals surface area contributed by atoms with Crippen LogP contribution < -0.4 is 0 Å². The van der Waals surface area contributed by atoms with Gasteiger partial charge in [-0.2, -0.15) is 0 Å². The molecule has 2 heterocycles. The maximum absolute atomic E-state index is 12.9. The molecule has 2 aromatic rings. The van der Waals surface area contributed by atoms with Crippen molar-refractivity contribution < 1.29 is 14.6 Å². The molecule has 132 valence electrons. The Morgan fingerprint density at radius 2 is 1.92 bits per heavy atom. The van der Waals surface area contributed by atoms with E-state index in [1.54, 1.807) is 4.90 Å². The summed E-state index contributed by atoms with van der Waals surface area (Å²) in [7, 11) is 0. The number of hydrogen-bond donors (Lipinski definition) is 1. The van der Waals surface area contributed by atoms with Gasteiger partial charge in [-0.1, -0.05) is 51.1 Å². The predicted octanol–water partition coefficient (Wildman–Crippen LogP) is 3.42. The molecule has 1 aliphatic heterocycles. The van der Waals surface area contributed by atoms with Crippen molar-refractivity contribution in [3.8, 4) is 5.75 Å². The van der Waals surface area contributed by atoms with Crippen LogP contribution in [0.2, 0.25) is 0 Å². The monoisotopic (exact) mass is 340 g/mol. The van der Waals surface area contributed by atoms with Gasteiger partial charge in [-0.3, -0.25) is 9.78 Å². The minimum Gasteiger partial charge on any atom is -0.506 e. The lowest BCUT2D eigenvalue weighted by Crippen LogP contribution is -2.51. The van der Waals surface area contributed by atoms with Crippen LogP contribution in [0, 0.1) is 5.41 Å². The highest BCUT2D eigenvalue weighted by Crippen LogP contribution is 2.34. The summed E-state index contributed by atoms with van der Waals surface area (Å²) in [5.41, 5.74) is 1.35. The first-order valence-corrected chi connectivity index (χ1v) is 8.48.